The third-order valence-electron chi connectivity index (χ3n) is 2.07. The van der Waals surface area contributed by atoms with E-state index >= 15 is 0 Å². The quantitative estimate of drug-likeness (QED) is 0.638. The second-order valence-electron chi connectivity index (χ2n) is 3.36. The summed E-state index contributed by atoms with van der Waals surface area (Å²) < 4.78 is 5.01. The highest BCUT2D eigenvalue weighted by Crippen LogP contribution is 2.13. The van der Waals surface area contributed by atoms with E-state index in [-0.39, 0.29) is 0 Å². The summed E-state index contributed by atoms with van der Waals surface area (Å²) in [7, 11) is 0. The highest BCUT2D eigenvalue weighted by atomic mass is 32.2. The third kappa shape index (κ3) is 3.42. The van der Waals surface area contributed by atoms with Crippen LogP contribution in [0, 0.1) is 6.92 Å². The molecule has 0 aliphatic carbocycles. The van der Waals surface area contributed by atoms with E-state index in [0.29, 0.717) is 24.7 Å². The van der Waals surface area contributed by atoms with Crippen LogP contribution >= 0.6 is 11.8 Å². The number of nitrogens with one attached hydrogen (secondary N) is 1. The molecule has 2 heterocycles. The number of rotatable bonds is 5. The van der Waals surface area contributed by atoms with Gasteiger partial charge in [-0.15, -0.1) is 11.8 Å². The summed E-state index contributed by atoms with van der Waals surface area (Å²) in [5.41, 5.74) is 0. The fourth-order valence-electron chi connectivity index (χ4n) is 1.29. The Bertz CT molecular complexity index is 487. The number of thioether (sulfide) groups is 1. The average Bonchev–Trinajstić information content (AvgIpc) is 2.75. The zero-order valence-corrected chi connectivity index (χ0v) is 10.5. The first-order chi connectivity index (χ1) is 8.28. The summed E-state index contributed by atoms with van der Waals surface area (Å²) in [6, 6.07) is 1.91. The maximum absolute atomic E-state index is 5.01. The molecule has 0 unspecified atom stereocenters. The Morgan fingerprint density at radius 1 is 1.41 bits per heavy atom. The monoisotopic (exact) mass is 251 g/mol. The zero-order chi connectivity index (χ0) is 12.1. The van der Waals surface area contributed by atoms with Crippen LogP contribution in [0.2, 0.25) is 0 Å². The van der Waals surface area contributed by atoms with Crippen molar-refractivity contribution < 1.29 is 4.52 Å². The fourth-order valence-corrected chi connectivity index (χ4v) is 1.67. The molecule has 6 nitrogen and oxygen atoms in total. The Morgan fingerprint density at radius 3 is 3.00 bits per heavy atom. The Labute approximate surface area is 103 Å². The van der Waals surface area contributed by atoms with Gasteiger partial charge in [-0.05, 0) is 13.2 Å². The number of nitrogens with zero attached hydrogens (tertiary/aromatic N) is 4. The number of anilines is 1. The standard InChI is InChI=1S/C10H13N5OS/c1-7-14-9(16-15-7)3-4-11-8-5-10(17-2)13-6-12-8/h5-6H,3-4H2,1-2H3,(H,11,12,13). The van der Waals surface area contributed by atoms with Gasteiger partial charge in [-0.2, -0.15) is 4.98 Å². The lowest BCUT2D eigenvalue weighted by atomic mass is 10.4. The van der Waals surface area contributed by atoms with Gasteiger partial charge in [0.2, 0.25) is 5.89 Å². The van der Waals surface area contributed by atoms with Crippen LogP contribution in [0.5, 0.6) is 0 Å². The van der Waals surface area contributed by atoms with Gasteiger partial charge in [-0.25, -0.2) is 9.97 Å². The first kappa shape index (κ1) is 11.8. The van der Waals surface area contributed by atoms with Crippen LogP contribution in [-0.4, -0.2) is 32.9 Å². The van der Waals surface area contributed by atoms with E-state index in [2.05, 4.69) is 25.4 Å². The van der Waals surface area contributed by atoms with Crippen LogP contribution in [0.4, 0.5) is 5.82 Å². The van der Waals surface area contributed by atoms with Gasteiger partial charge in [0.15, 0.2) is 5.82 Å². The van der Waals surface area contributed by atoms with Crippen LogP contribution in [0.1, 0.15) is 11.7 Å². The van der Waals surface area contributed by atoms with Crippen molar-refractivity contribution in [3.8, 4) is 0 Å². The molecule has 0 saturated carbocycles. The number of hydrogen-bond donors (Lipinski definition) is 1. The topological polar surface area (TPSA) is 76.7 Å². The van der Waals surface area contributed by atoms with Crippen molar-refractivity contribution in [2.45, 2.75) is 18.4 Å². The van der Waals surface area contributed by atoms with Gasteiger partial charge < -0.3 is 9.84 Å². The number of hydrogen-bond acceptors (Lipinski definition) is 7. The Morgan fingerprint density at radius 2 is 2.29 bits per heavy atom. The van der Waals surface area contributed by atoms with E-state index in [1.54, 1.807) is 25.0 Å². The summed E-state index contributed by atoms with van der Waals surface area (Å²) in [6.07, 6.45) is 4.21. The fraction of sp³-hybridized carbons (Fsp3) is 0.400. The van der Waals surface area contributed by atoms with E-state index < -0.39 is 0 Å². The molecule has 1 N–H and O–H groups in total. The van der Waals surface area contributed by atoms with Crippen molar-refractivity contribution in [3.05, 3.63) is 24.1 Å². The van der Waals surface area contributed by atoms with Crippen molar-refractivity contribution in [2.24, 2.45) is 0 Å². The van der Waals surface area contributed by atoms with Gasteiger partial charge in [0.25, 0.3) is 0 Å². The molecular weight excluding hydrogens is 238 g/mol. The Balaban J connectivity index is 1.85. The largest absolute Gasteiger partial charge is 0.369 e. The van der Waals surface area contributed by atoms with Crippen molar-refractivity contribution in [1.29, 1.82) is 0 Å². The third-order valence-corrected chi connectivity index (χ3v) is 2.71. The predicted molar refractivity (Wildman–Crippen MR) is 65.0 cm³/mol. The molecule has 0 aliphatic rings. The first-order valence-electron chi connectivity index (χ1n) is 5.17. The molecule has 0 bridgehead atoms. The van der Waals surface area contributed by atoms with E-state index in [0.717, 1.165) is 10.8 Å². The van der Waals surface area contributed by atoms with Gasteiger partial charge >= 0.3 is 0 Å². The maximum Gasteiger partial charge on any atom is 0.228 e. The molecule has 2 aromatic heterocycles. The maximum atomic E-state index is 5.01. The molecule has 0 radical (unpaired) electrons. The van der Waals surface area contributed by atoms with Crippen molar-refractivity contribution >= 4 is 17.6 Å². The van der Waals surface area contributed by atoms with Crippen molar-refractivity contribution in [1.82, 2.24) is 20.1 Å². The van der Waals surface area contributed by atoms with Gasteiger partial charge in [0, 0.05) is 19.0 Å². The lowest BCUT2D eigenvalue weighted by Gasteiger charge is -2.03. The smallest absolute Gasteiger partial charge is 0.228 e. The second kappa shape index (κ2) is 5.62. The molecule has 0 spiro atoms. The Hall–Kier alpha value is -1.63. The van der Waals surface area contributed by atoms with Crippen LogP contribution in [0.3, 0.4) is 0 Å². The minimum atomic E-state index is 0.633. The SMILES string of the molecule is CSc1cc(NCCc2nc(C)no2)ncn1. The highest BCUT2D eigenvalue weighted by molar-refractivity contribution is 7.98. The van der Waals surface area contributed by atoms with Crippen LogP contribution in [0.15, 0.2) is 21.9 Å². The molecule has 2 rings (SSSR count). The van der Waals surface area contributed by atoms with E-state index in [4.69, 9.17) is 4.52 Å². The molecule has 90 valence electrons. The van der Waals surface area contributed by atoms with Crippen LogP contribution < -0.4 is 5.32 Å². The molecule has 0 fully saturated rings. The van der Waals surface area contributed by atoms with Gasteiger partial charge in [0.05, 0.1) is 0 Å². The lowest BCUT2D eigenvalue weighted by Crippen LogP contribution is -2.06. The van der Waals surface area contributed by atoms with Crippen molar-refractivity contribution in [3.63, 3.8) is 0 Å². The molecule has 17 heavy (non-hydrogen) atoms. The van der Waals surface area contributed by atoms with E-state index in [1.165, 1.54) is 0 Å². The number of aryl methyl sites for hydroxylation is 1. The molecular formula is C10H13N5OS. The molecule has 7 heteroatoms. The van der Waals surface area contributed by atoms with Gasteiger partial charge in [-0.1, -0.05) is 5.16 Å². The van der Waals surface area contributed by atoms with Gasteiger partial charge in [0.1, 0.15) is 17.2 Å². The molecule has 0 aromatic carbocycles. The van der Waals surface area contributed by atoms with Gasteiger partial charge in [-0.3, -0.25) is 0 Å². The summed E-state index contributed by atoms with van der Waals surface area (Å²) >= 11 is 1.58. The van der Waals surface area contributed by atoms with Crippen LogP contribution in [0.25, 0.3) is 0 Å². The van der Waals surface area contributed by atoms with E-state index in [9.17, 15) is 0 Å². The minimum absolute atomic E-state index is 0.633. The first-order valence-corrected chi connectivity index (χ1v) is 6.39. The highest BCUT2D eigenvalue weighted by Gasteiger charge is 2.02. The summed E-state index contributed by atoms with van der Waals surface area (Å²) in [4.78, 5) is 12.3. The zero-order valence-electron chi connectivity index (χ0n) is 9.67. The minimum Gasteiger partial charge on any atom is -0.369 e. The molecule has 0 atom stereocenters. The normalized spacial score (nSPS) is 10.5. The lowest BCUT2D eigenvalue weighted by molar-refractivity contribution is 0.377. The average molecular weight is 251 g/mol. The predicted octanol–water partition coefficient (Wildman–Crippen LogP) is 1.54. The van der Waals surface area contributed by atoms with Crippen molar-refractivity contribution in [2.75, 3.05) is 18.1 Å². The molecule has 0 aliphatic heterocycles. The molecule has 0 saturated heterocycles. The second-order valence-corrected chi connectivity index (χ2v) is 4.18. The summed E-state index contributed by atoms with van der Waals surface area (Å²) in [5, 5.41) is 7.85. The summed E-state index contributed by atoms with van der Waals surface area (Å²) in [6.45, 7) is 2.50. The molecule has 2 aromatic rings. The Kier molecular flexibility index (Phi) is 3.92. The summed E-state index contributed by atoms with van der Waals surface area (Å²) in [5.74, 6) is 2.10. The molecule has 0 amide bonds. The van der Waals surface area contributed by atoms with E-state index in [1.807, 2.05) is 12.3 Å². The number of aromatic nitrogens is 4. The van der Waals surface area contributed by atoms with Crippen LogP contribution in [-0.2, 0) is 6.42 Å².